The van der Waals surface area contributed by atoms with Crippen molar-refractivity contribution < 1.29 is 22.7 Å². The molecule has 6 nitrogen and oxygen atoms in total. The summed E-state index contributed by atoms with van der Waals surface area (Å²) >= 11 is 0. The van der Waals surface area contributed by atoms with Crippen LogP contribution in [0, 0.1) is 0 Å². The highest BCUT2D eigenvalue weighted by Crippen LogP contribution is 2.34. The van der Waals surface area contributed by atoms with E-state index in [0.29, 0.717) is 0 Å². The first-order chi connectivity index (χ1) is 10.3. The molecular formula is C13H10F3N3O3. The van der Waals surface area contributed by atoms with Crippen LogP contribution < -0.4 is 15.6 Å². The Balaban J connectivity index is 2.33. The second-order valence-corrected chi connectivity index (χ2v) is 4.17. The summed E-state index contributed by atoms with van der Waals surface area (Å²) in [7, 11) is 1.26. The summed E-state index contributed by atoms with van der Waals surface area (Å²) in [4.78, 5) is 22.8. The van der Waals surface area contributed by atoms with Gasteiger partial charge in [-0.15, -0.1) is 0 Å². The first kappa shape index (κ1) is 15.5. The van der Waals surface area contributed by atoms with Gasteiger partial charge >= 0.3 is 6.18 Å². The molecule has 0 radical (unpaired) electrons. The Kier molecular flexibility index (Phi) is 4.15. The summed E-state index contributed by atoms with van der Waals surface area (Å²) in [5.41, 5.74) is -1.75. The monoisotopic (exact) mass is 313 g/mol. The van der Waals surface area contributed by atoms with Crippen molar-refractivity contribution in [3.63, 3.8) is 0 Å². The van der Waals surface area contributed by atoms with E-state index in [-0.39, 0.29) is 17.1 Å². The van der Waals surface area contributed by atoms with Gasteiger partial charge in [0.2, 0.25) is 0 Å². The molecule has 0 spiro atoms. The van der Waals surface area contributed by atoms with Gasteiger partial charge < -0.3 is 10.1 Å². The Hall–Kier alpha value is -2.84. The molecule has 1 aromatic carbocycles. The summed E-state index contributed by atoms with van der Waals surface area (Å²) in [6, 6.07) is 4.91. The summed E-state index contributed by atoms with van der Waals surface area (Å²) < 4.78 is 43.0. The van der Waals surface area contributed by atoms with Crippen LogP contribution in [0.1, 0.15) is 16.1 Å². The molecule has 0 fully saturated rings. The molecule has 2 rings (SSSR count). The predicted molar refractivity (Wildman–Crippen MR) is 70.8 cm³/mol. The lowest BCUT2D eigenvalue weighted by atomic mass is 10.1. The van der Waals surface area contributed by atoms with Crippen LogP contribution in [0.5, 0.6) is 5.75 Å². The van der Waals surface area contributed by atoms with E-state index in [1.807, 2.05) is 0 Å². The summed E-state index contributed by atoms with van der Waals surface area (Å²) in [6.07, 6.45) is -4.55. The van der Waals surface area contributed by atoms with Crippen LogP contribution in [-0.4, -0.2) is 23.2 Å². The Morgan fingerprint density at radius 1 is 1.27 bits per heavy atom. The molecule has 0 aliphatic rings. The zero-order chi connectivity index (χ0) is 16.3. The molecule has 9 heteroatoms. The minimum atomic E-state index is -4.55. The number of benzene rings is 1. The van der Waals surface area contributed by atoms with E-state index in [1.165, 1.54) is 7.11 Å². The number of rotatable bonds is 3. The number of anilines is 1. The number of alkyl halides is 3. The van der Waals surface area contributed by atoms with Crippen molar-refractivity contribution in [1.29, 1.82) is 0 Å². The lowest BCUT2D eigenvalue weighted by molar-refractivity contribution is -0.137. The maximum Gasteiger partial charge on any atom is 0.416 e. The number of nitrogens with zero attached hydrogens (tertiary/aromatic N) is 1. The van der Waals surface area contributed by atoms with Gasteiger partial charge in [-0.25, -0.2) is 5.10 Å². The minimum absolute atomic E-state index is 0.0609. The normalized spacial score (nSPS) is 11.1. The van der Waals surface area contributed by atoms with Crippen LogP contribution >= 0.6 is 0 Å². The second kappa shape index (κ2) is 5.88. The van der Waals surface area contributed by atoms with Crippen molar-refractivity contribution >= 4 is 11.6 Å². The maximum absolute atomic E-state index is 12.7. The van der Waals surface area contributed by atoms with Crippen molar-refractivity contribution in [3.8, 4) is 5.75 Å². The molecular weight excluding hydrogens is 303 g/mol. The van der Waals surface area contributed by atoms with Crippen molar-refractivity contribution in [2.75, 3.05) is 12.4 Å². The third-order valence-corrected chi connectivity index (χ3v) is 2.69. The Labute approximate surface area is 121 Å². The molecule has 2 N–H and O–H groups in total. The summed E-state index contributed by atoms with van der Waals surface area (Å²) in [5.74, 6) is -0.723. The smallest absolute Gasteiger partial charge is 0.416 e. The molecule has 1 aromatic heterocycles. The molecule has 0 saturated heterocycles. The van der Waals surface area contributed by atoms with E-state index >= 15 is 0 Å². The van der Waals surface area contributed by atoms with Gasteiger partial charge in [0, 0.05) is 6.07 Å². The second-order valence-electron chi connectivity index (χ2n) is 4.17. The number of halogens is 3. The SMILES string of the molecule is COc1ccc(C(F)(F)F)cc1NC(=O)c1ccc(=O)[nH]n1. The molecule has 0 atom stereocenters. The number of H-pyrrole nitrogens is 1. The quantitative estimate of drug-likeness (QED) is 0.908. The Bertz CT molecular complexity index is 736. The van der Waals surface area contributed by atoms with Crippen molar-refractivity contribution in [3.05, 3.63) is 51.9 Å². The number of ether oxygens (including phenoxy) is 1. The van der Waals surface area contributed by atoms with Gasteiger partial charge in [0.05, 0.1) is 18.4 Å². The van der Waals surface area contributed by atoms with Crippen molar-refractivity contribution in [2.45, 2.75) is 6.18 Å². The van der Waals surface area contributed by atoms with Crippen LogP contribution in [0.4, 0.5) is 18.9 Å². The van der Waals surface area contributed by atoms with E-state index in [0.717, 1.165) is 30.3 Å². The van der Waals surface area contributed by atoms with Gasteiger partial charge in [-0.05, 0) is 24.3 Å². The standard InChI is InChI=1S/C13H10F3N3O3/c1-22-10-4-2-7(13(14,15)16)6-9(10)17-12(21)8-3-5-11(20)19-18-8/h2-6H,1H3,(H,17,21)(H,19,20). The molecule has 116 valence electrons. The first-order valence-electron chi connectivity index (χ1n) is 5.93. The fourth-order valence-electron chi connectivity index (χ4n) is 1.64. The maximum atomic E-state index is 12.7. The van der Waals surface area contributed by atoms with Crippen LogP contribution in [0.25, 0.3) is 0 Å². The number of methoxy groups -OCH3 is 1. The minimum Gasteiger partial charge on any atom is -0.495 e. The Morgan fingerprint density at radius 2 is 2.00 bits per heavy atom. The number of carbonyl (C=O) groups excluding carboxylic acids is 1. The van der Waals surface area contributed by atoms with Gasteiger partial charge in [-0.2, -0.15) is 18.3 Å². The number of nitrogens with one attached hydrogen (secondary N) is 2. The zero-order valence-electron chi connectivity index (χ0n) is 11.2. The van der Waals surface area contributed by atoms with Gasteiger partial charge in [-0.3, -0.25) is 9.59 Å². The molecule has 0 aliphatic carbocycles. The third-order valence-electron chi connectivity index (χ3n) is 2.69. The first-order valence-corrected chi connectivity index (χ1v) is 5.93. The average molecular weight is 313 g/mol. The summed E-state index contributed by atoms with van der Waals surface area (Å²) in [6.45, 7) is 0. The zero-order valence-corrected chi connectivity index (χ0v) is 11.2. The van der Waals surface area contributed by atoms with E-state index in [9.17, 15) is 22.8 Å². The summed E-state index contributed by atoms with van der Waals surface area (Å²) in [5, 5.41) is 7.80. The fraction of sp³-hybridized carbons (Fsp3) is 0.154. The molecule has 0 unspecified atom stereocenters. The number of carbonyl (C=O) groups is 1. The van der Waals surface area contributed by atoms with Crippen LogP contribution in [0.2, 0.25) is 0 Å². The van der Waals surface area contributed by atoms with E-state index in [4.69, 9.17) is 4.74 Å². The van der Waals surface area contributed by atoms with Gasteiger partial charge in [0.25, 0.3) is 11.5 Å². The molecule has 0 saturated carbocycles. The molecule has 22 heavy (non-hydrogen) atoms. The van der Waals surface area contributed by atoms with E-state index < -0.39 is 23.2 Å². The largest absolute Gasteiger partial charge is 0.495 e. The predicted octanol–water partition coefficient (Wildman–Crippen LogP) is 2.05. The highest BCUT2D eigenvalue weighted by atomic mass is 19.4. The lowest BCUT2D eigenvalue weighted by Crippen LogP contribution is -2.18. The molecule has 1 amide bonds. The number of hydrogen-bond acceptors (Lipinski definition) is 4. The van der Waals surface area contributed by atoms with Crippen molar-refractivity contribution in [2.24, 2.45) is 0 Å². The molecule has 0 aliphatic heterocycles. The topological polar surface area (TPSA) is 84.1 Å². The number of amides is 1. The molecule has 2 aromatic rings. The van der Waals surface area contributed by atoms with Gasteiger partial charge in [0.15, 0.2) is 0 Å². The molecule has 1 heterocycles. The highest BCUT2D eigenvalue weighted by Gasteiger charge is 2.31. The fourth-order valence-corrected chi connectivity index (χ4v) is 1.64. The molecule has 0 bridgehead atoms. The van der Waals surface area contributed by atoms with E-state index in [2.05, 4.69) is 15.5 Å². The van der Waals surface area contributed by atoms with Crippen LogP contribution in [-0.2, 0) is 6.18 Å². The average Bonchev–Trinajstić information content (AvgIpc) is 2.46. The third kappa shape index (κ3) is 3.43. The van der Waals surface area contributed by atoms with Crippen LogP contribution in [0.15, 0.2) is 35.1 Å². The number of aromatic amines is 1. The lowest BCUT2D eigenvalue weighted by Gasteiger charge is -2.13. The van der Waals surface area contributed by atoms with Crippen molar-refractivity contribution in [1.82, 2.24) is 10.2 Å². The Morgan fingerprint density at radius 3 is 2.55 bits per heavy atom. The number of hydrogen-bond donors (Lipinski definition) is 2. The van der Waals surface area contributed by atoms with Crippen LogP contribution in [0.3, 0.4) is 0 Å². The van der Waals surface area contributed by atoms with Gasteiger partial charge in [-0.1, -0.05) is 0 Å². The van der Waals surface area contributed by atoms with Gasteiger partial charge in [0.1, 0.15) is 11.4 Å². The highest BCUT2D eigenvalue weighted by molar-refractivity contribution is 6.03. The van der Waals surface area contributed by atoms with E-state index in [1.54, 1.807) is 0 Å². The number of aromatic nitrogens is 2.